The minimum atomic E-state index is -4.20. The highest BCUT2D eigenvalue weighted by molar-refractivity contribution is 5.96. The van der Waals surface area contributed by atoms with E-state index < -0.39 is 30.7 Å². The van der Waals surface area contributed by atoms with Gasteiger partial charge in [-0.2, -0.15) is 18.2 Å². The third kappa shape index (κ3) is 5.64. The van der Waals surface area contributed by atoms with E-state index in [9.17, 15) is 22.0 Å². The second-order valence-electron chi connectivity index (χ2n) is 11.4. The number of anilines is 2. The molecule has 3 aromatic rings. The number of halogens is 6. The topological polar surface area (TPSA) is 82.7 Å². The third-order valence-corrected chi connectivity index (χ3v) is 8.48. The number of likely N-dealkylation sites (tertiary alicyclic amines) is 1. The van der Waals surface area contributed by atoms with Gasteiger partial charge in [0.1, 0.15) is 11.7 Å². The predicted octanol–water partition coefficient (Wildman–Crippen LogP) is 6.38. The minimum absolute atomic E-state index is 0.00959. The van der Waals surface area contributed by atoms with Gasteiger partial charge in [-0.25, -0.2) is 22.7 Å². The molecular formula is C28H32F6N8. The lowest BCUT2D eigenvalue weighted by Crippen LogP contribution is -2.57. The molecule has 0 aromatic carbocycles. The van der Waals surface area contributed by atoms with Crippen LogP contribution in [0.25, 0.3) is 16.8 Å². The molecule has 3 atom stereocenters. The van der Waals surface area contributed by atoms with Crippen LogP contribution in [-0.2, 0) is 0 Å². The van der Waals surface area contributed by atoms with Crippen LogP contribution in [0.4, 0.5) is 43.8 Å². The fourth-order valence-corrected chi connectivity index (χ4v) is 6.23. The van der Waals surface area contributed by atoms with E-state index in [1.807, 2.05) is 25.1 Å². The number of hydrogen-bond acceptors (Lipinski definition) is 7. The zero-order valence-electron chi connectivity index (χ0n) is 23.2. The zero-order chi connectivity index (χ0) is 29.8. The molecule has 0 spiro atoms. The molecule has 0 bridgehead atoms. The number of piperidine rings is 1. The van der Waals surface area contributed by atoms with Crippen LogP contribution in [0.15, 0.2) is 29.4 Å². The van der Waals surface area contributed by atoms with Crippen molar-refractivity contribution >= 4 is 28.7 Å². The Balaban J connectivity index is 1.20. The van der Waals surface area contributed by atoms with Crippen LogP contribution in [0.1, 0.15) is 57.1 Å². The molecule has 5 heterocycles. The Bertz CT molecular complexity index is 1490. The van der Waals surface area contributed by atoms with Crippen molar-refractivity contribution in [3.63, 3.8) is 0 Å². The van der Waals surface area contributed by atoms with E-state index in [1.165, 1.54) is 0 Å². The summed E-state index contributed by atoms with van der Waals surface area (Å²) in [6, 6.07) is 4.63. The number of nitrogens with zero attached hydrogens (tertiary/aromatic N) is 6. The van der Waals surface area contributed by atoms with E-state index in [-0.39, 0.29) is 43.7 Å². The minimum Gasteiger partial charge on any atom is -0.371 e. The van der Waals surface area contributed by atoms with E-state index in [2.05, 4.69) is 25.7 Å². The smallest absolute Gasteiger partial charge is 0.371 e. The molecule has 1 saturated heterocycles. The van der Waals surface area contributed by atoms with Gasteiger partial charge in [-0.15, -0.1) is 5.10 Å². The summed E-state index contributed by atoms with van der Waals surface area (Å²) in [5.74, 6) is -2.23. The molecule has 1 aliphatic carbocycles. The largest absolute Gasteiger partial charge is 0.389 e. The summed E-state index contributed by atoms with van der Waals surface area (Å²) in [7, 11) is 1.71. The molecule has 2 aliphatic heterocycles. The molecule has 226 valence electrons. The number of aromatic nitrogens is 4. The van der Waals surface area contributed by atoms with Crippen LogP contribution >= 0.6 is 0 Å². The summed E-state index contributed by atoms with van der Waals surface area (Å²) in [4.78, 5) is 15.7. The molecule has 14 heteroatoms. The first-order valence-electron chi connectivity index (χ1n) is 14.1. The van der Waals surface area contributed by atoms with E-state index in [4.69, 9.17) is 4.98 Å². The zero-order valence-corrected chi connectivity index (χ0v) is 23.2. The summed E-state index contributed by atoms with van der Waals surface area (Å²) in [6.07, 6.45) is -4.30. The van der Waals surface area contributed by atoms with Crippen molar-refractivity contribution in [2.45, 2.75) is 81.7 Å². The van der Waals surface area contributed by atoms with Crippen LogP contribution in [0.2, 0.25) is 0 Å². The van der Waals surface area contributed by atoms with Gasteiger partial charge in [0.05, 0.1) is 23.1 Å². The van der Waals surface area contributed by atoms with Gasteiger partial charge in [-0.1, -0.05) is 0 Å². The monoisotopic (exact) mass is 594 g/mol. The molecule has 2 fully saturated rings. The maximum Gasteiger partial charge on any atom is 0.389 e. The molecule has 6 rings (SSSR count). The second-order valence-corrected chi connectivity index (χ2v) is 11.4. The molecule has 3 aromatic heterocycles. The summed E-state index contributed by atoms with van der Waals surface area (Å²) in [5, 5.41) is 10.7. The van der Waals surface area contributed by atoms with E-state index in [0.29, 0.717) is 47.8 Å². The van der Waals surface area contributed by atoms with Crippen molar-refractivity contribution in [3.05, 3.63) is 30.1 Å². The molecule has 8 nitrogen and oxygen atoms in total. The number of pyridine rings is 1. The summed E-state index contributed by atoms with van der Waals surface area (Å²) < 4.78 is 81.5. The molecule has 3 aliphatic rings. The average molecular weight is 595 g/mol. The summed E-state index contributed by atoms with van der Waals surface area (Å²) in [5.41, 5.74) is 4.03. The quantitative estimate of drug-likeness (QED) is 0.295. The molecule has 1 saturated carbocycles. The first-order valence-corrected chi connectivity index (χ1v) is 14.1. The van der Waals surface area contributed by atoms with Crippen LogP contribution in [0, 0.1) is 0 Å². The molecule has 42 heavy (non-hydrogen) atoms. The van der Waals surface area contributed by atoms with Gasteiger partial charge in [0.15, 0.2) is 5.82 Å². The fraction of sp³-hybridized carbons (Fsp3) is 0.571. The number of aliphatic imine (C=N–C) groups is 1. The molecule has 0 radical (unpaired) electrons. The van der Waals surface area contributed by atoms with Crippen molar-refractivity contribution in [1.29, 1.82) is 0 Å². The average Bonchev–Trinajstić information content (AvgIpc) is 3.47. The van der Waals surface area contributed by atoms with Gasteiger partial charge >= 0.3 is 6.18 Å². The molecule has 0 amide bonds. The predicted molar refractivity (Wildman–Crippen MR) is 148 cm³/mol. The summed E-state index contributed by atoms with van der Waals surface area (Å²) >= 11 is 0. The van der Waals surface area contributed by atoms with Crippen molar-refractivity contribution < 1.29 is 26.3 Å². The lowest BCUT2D eigenvalue weighted by atomic mass is 9.85. The summed E-state index contributed by atoms with van der Waals surface area (Å²) in [6.45, 7) is 2.40. The highest BCUT2D eigenvalue weighted by atomic mass is 19.4. The standard InChI is InChI=1S/C28H32F6N8/c1-15-17(4-3-9-28(32,33)34)23-22(36-15)6-5-20(37-23)18-7-11-42-24(18)25(35-2)39-26(40-42)38-21-8-10-41(14-19(21)29)16-12-27(30,31)13-16/h5-7,11,16-17,19,21H,3-4,8-10,12-14H2,1-2H3,(H2,35,38,39,40)/t17?,19-,21+/m1/s1. The van der Waals surface area contributed by atoms with E-state index >= 15 is 4.39 Å². The Hall–Kier alpha value is -3.42. The first-order chi connectivity index (χ1) is 19.9. The van der Waals surface area contributed by atoms with Gasteiger partial charge in [0.2, 0.25) is 5.95 Å². The Morgan fingerprint density at radius 1 is 1.12 bits per heavy atom. The van der Waals surface area contributed by atoms with Crippen molar-refractivity contribution in [2.24, 2.45) is 4.99 Å². The third-order valence-electron chi connectivity index (χ3n) is 8.48. The lowest BCUT2D eigenvalue weighted by molar-refractivity contribution is -0.135. The Morgan fingerprint density at radius 2 is 1.90 bits per heavy atom. The van der Waals surface area contributed by atoms with Gasteiger partial charge in [-0.05, 0) is 44.4 Å². The Morgan fingerprint density at radius 3 is 2.60 bits per heavy atom. The SMILES string of the molecule is CNc1nc(N[C@H]2CCN(C3CC(F)(F)C3)C[C@H]2F)nn2ccc(-c3ccc4c(n3)C(CCCC(F)(F)F)C(C)=N4)c12. The highest BCUT2D eigenvalue weighted by Crippen LogP contribution is 2.42. The number of alkyl halides is 6. The van der Waals surface area contributed by atoms with Gasteiger partial charge < -0.3 is 10.6 Å². The Kier molecular flexibility index (Phi) is 7.30. The van der Waals surface area contributed by atoms with Crippen LogP contribution < -0.4 is 10.6 Å². The van der Waals surface area contributed by atoms with Gasteiger partial charge in [0.25, 0.3) is 5.92 Å². The van der Waals surface area contributed by atoms with Crippen LogP contribution in [-0.4, -0.2) is 80.7 Å². The lowest BCUT2D eigenvalue weighted by Gasteiger charge is -2.46. The molecular weight excluding hydrogens is 562 g/mol. The number of fused-ring (bicyclic) bond motifs is 2. The number of hydrogen-bond donors (Lipinski definition) is 2. The number of rotatable bonds is 8. The fourth-order valence-electron chi connectivity index (χ4n) is 6.23. The van der Waals surface area contributed by atoms with Gasteiger partial charge in [-0.3, -0.25) is 9.89 Å². The van der Waals surface area contributed by atoms with E-state index in [0.717, 1.165) is 11.3 Å². The maximum absolute atomic E-state index is 15.1. The molecule has 2 N–H and O–H groups in total. The molecule has 1 unspecified atom stereocenters. The normalized spacial score (nSPS) is 24.4. The second kappa shape index (κ2) is 10.7. The van der Waals surface area contributed by atoms with E-state index in [1.54, 1.807) is 22.7 Å². The maximum atomic E-state index is 15.1. The first kappa shape index (κ1) is 28.7. The highest BCUT2D eigenvalue weighted by Gasteiger charge is 2.49. The van der Waals surface area contributed by atoms with Crippen molar-refractivity contribution in [1.82, 2.24) is 24.5 Å². The van der Waals surface area contributed by atoms with Crippen molar-refractivity contribution in [2.75, 3.05) is 30.8 Å². The number of nitrogens with one attached hydrogen (secondary N) is 2. The van der Waals surface area contributed by atoms with Crippen molar-refractivity contribution in [3.8, 4) is 11.3 Å². The Labute approximate surface area is 238 Å². The van der Waals surface area contributed by atoms with Crippen LogP contribution in [0.3, 0.4) is 0 Å². The van der Waals surface area contributed by atoms with Gasteiger partial charge in [0, 0.05) is 68.8 Å². The van der Waals surface area contributed by atoms with Crippen LogP contribution in [0.5, 0.6) is 0 Å².